The maximum absolute atomic E-state index is 12.2. The molecular formula is C10H12F3N3. The molecule has 0 bridgehead atoms. The van der Waals surface area contributed by atoms with Crippen LogP contribution in [0.3, 0.4) is 0 Å². The number of aromatic nitrogens is 1. The van der Waals surface area contributed by atoms with E-state index in [9.17, 15) is 13.2 Å². The number of hydrogen-bond donors (Lipinski definition) is 1. The molecule has 3 nitrogen and oxygen atoms in total. The molecule has 2 rings (SSSR count). The summed E-state index contributed by atoms with van der Waals surface area (Å²) >= 11 is 0. The molecule has 0 aliphatic carbocycles. The van der Waals surface area contributed by atoms with Crippen LogP contribution >= 0.6 is 0 Å². The lowest BCUT2D eigenvalue weighted by Crippen LogP contribution is -2.47. The molecule has 0 saturated carbocycles. The van der Waals surface area contributed by atoms with Crippen molar-refractivity contribution in [2.24, 2.45) is 5.73 Å². The van der Waals surface area contributed by atoms with Crippen LogP contribution in [-0.2, 0) is 6.18 Å². The summed E-state index contributed by atoms with van der Waals surface area (Å²) in [6, 6.07) is 2.52. The SMILES string of the molecule is NCN1CC(c2ccc(C(F)(F)F)nc2)C1. The van der Waals surface area contributed by atoms with Gasteiger partial charge >= 0.3 is 6.18 Å². The number of halogens is 3. The molecule has 0 spiro atoms. The summed E-state index contributed by atoms with van der Waals surface area (Å²) < 4.78 is 36.7. The van der Waals surface area contributed by atoms with Gasteiger partial charge in [-0.1, -0.05) is 6.07 Å². The van der Waals surface area contributed by atoms with Gasteiger partial charge in [0, 0.05) is 31.9 Å². The number of hydrogen-bond acceptors (Lipinski definition) is 3. The Morgan fingerprint density at radius 3 is 2.50 bits per heavy atom. The van der Waals surface area contributed by atoms with Gasteiger partial charge in [-0.3, -0.25) is 9.88 Å². The van der Waals surface area contributed by atoms with Gasteiger partial charge in [-0.25, -0.2) is 0 Å². The highest BCUT2D eigenvalue weighted by atomic mass is 19.4. The summed E-state index contributed by atoms with van der Waals surface area (Å²) in [4.78, 5) is 5.45. The number of rotatable bonds is 2. The highest BCUT2D eigenvalue weighted by Crippen LogP contribution is 2.30. The second-order valence-corrected chi connectivity index (χ2v) is 3.89. The summed E-state index contributed by atoms with van der Waals surface area (Å²) in [5, 5.41) is 0. The first-order valence-corrected chi connectivity index (χ1v) is 4.96. The zero-order valence-electron chi connectivity index (χ0n) is 8.54. The van der Waals surface area contributed by atoms with E-state index in [2.05, 4.69) is 4.98 Å². The Labute approximate surface area is 91.1 Å². The largest absolute Gasteiger partial charge is 0.433 e. The molecule has 1 aliphatic rings. The molecule has 0 unspecified atom stereocenters. The van der Waals surface area contributed by atoms with Crippen LogP contribution in [0.15, 0.2) is 18.3 Å². The summed E-state index contributed by atoms with van der Waals surface area (Å²) in [5.41, 5.74) is 5.42. The average molecular weight is 231 g/mol. The molecule has 16 heavy (non-hydrogen) atoms. The van der Waals surface area contributed by atoms with E-state index in [4.69, 9.17) is 5.73 Å². The van der Waals surface area contributed by atoms with Crippen LogP contribution < -0.4 is 5.73 Å². The van der Waals surface area contributed by atoms with Gasteiger partial charge in [0.25, 0.3) is 0 Å². The van der Waals surface area contributed by atoms with E-state index < -0.39 is 11.9 Å². The first-order chi connectivity index (χ1) is 7.50. The van der Waals surface area contributed by atoms with E-state index in [1.54, 1.807) is 0 Å². The van der Waals surface area contributed by atoms with Crippen molar-refractivity contribution in [2.75, 3.05) is 19.8 Å². The molecule has 1 aromatic heterocycles. The van der Waals surface area contributed by atoms with Gasteiger partial charge in [0.15, 0.2) is 0 Å². The van der Waals surface area contributed by atoms with E-state index in [1.165, 1.54) is 12.3 Å². The second kappa shape index (κ2) is 4.03. The molecule has 0 amide bonds. The Morgan fingerprint density at radius 1 is 1.38 bits per heavy atom. The van der Waals surface area contributed by atoms with E-state index in [0.29, 0.717) is 6.67 Å². The van der Waals surface area contributed by atoms with E-state index in [1.807, 2.05) is 4.90 Å². The van der Waals surface area contributed by atoms with Crippen LogP contribution in [0.4, 0.5) is 13.2 Å². The van der Waals surface area contributed by atoms with E-state index >= 15 is 0 Å². The lowest BCUT2D eigenvalue weighted by atomic mass is 9.93. The first-order valence-electron chi connectivity index (χ1n) is 4.96. The van der Waals surface area contributed by atoms with Gasteiger partial charge in [-0.2, -0.15) is 13.2 Å². The quantitative estimate of drug-likeness (QED) is 0.836. The van der Waals surface area contributed by atoms with Crippen molar-refractivity contribution in [3.05, 3.63) is 29.6 Å². The summed E-state index contributed by atoms with van der Waals surface area (Å²) in [6.07, 6.45) is -3.05. The molecule has 0 radical (unpaired) electrons. The van der Waals surface area contributed by atoms with Crippen LogP contribution in [-0.4, -0.2) is 29.6 Å². The van der Waals surface area contributed by atoms with Gasteiger partial charge in [0.1, 0.15) is 5.69 Å². The fraction of sp³-hybridized carbons (Fsp3) is 0.500. The maximum Gasteiger partial charge on any atom is 0.433 e. The fourth-order valence-electron chi connectivity index (χ4n) is 1.74. The smallest absolute Gasteiger partial charge is 0.318 e. The van der Waals surface area contributed by atoms with E-state index in [0.717, 1.165) is 24.7 Å². The minimum atomic E-state index is -4.36. The Hall–Kier alpha value is -1.14. The van der Waals surface area contributed by atoms with Crippen molar-refractivity contribution in [3.8, 4) is 0 Å². The molecule has 0 atom stereocenters. The lowest BCUT2D eigenvalue weighted by Gasteiger charge is -2.38. The van der Waals surface area contributed by atoms with Crippen molar-refractivity contribution >= 4 is 0 Å². The highest BCUT2D eigenvalue weighted by Gasteiger charge is 2.33. The first kappa shape index (κ1) is 11.3. The van der Waals surface area contributed by atoms with Gasteiger partial charge in [0.05, 0.1) is 0 Å². The van der Waals surface area contributed by atoms with Crippen LogP contribution in [0.25, 0.3) is 0 Å². The molecule has 1 fully saturated rings. The molecule has 1 aromatic rings. The molecule has 1 aliphatic heterocycles. The third-order valence-corrected chi connectivity index (χ3v) is 2.76. The zero-order valence-corrected chi connectivity index (χ0v) is 8.54. The van der Waals surface area contributed by atoms with Gasteiger partial charge in [-0.15, -0.1) is 0 Å². The topological polar surface area (TPSA) is 42.1 Å². The van der Waals surface area contributed by atoms with Crippen LogP contribution in [0.5, 0.6) is 0 Å². The Kier molecular flexibility index (Phi) is 2.86. The van der Waals surface area contributed by atoms with Gasteiger partial charge < -0.3 is 5.73 Å². The standard InChI is InChI=1S/C10H12F3N3/c11-10(12,13)9-2-1-7(3-15-9)8-4-16(5-8)6-14/h1-3,8H,4-6,14H2. The predicted octanol–water partition coefficient (Wildman–Crippen LogP) is 1.42. The average Bonchev–Trinajstić information content (AvgIpc) is 2.15. The lowest BCUT2D eigenvalue weighted by molar-refractivity contribution is -0.141. The molecule has 2 N–H and O–H groups in total. The van der Waals surface area contributed by atoms with Crippen molar-refractivity contribution in [1.29, 1.82) is 0 Å². The normalized spacial score (nSPS) is 18.5. The summed E-state index contributed by atoms with van der Waals surface area (Å²) in [5.74, 6) is 0.262. The van der Waals surface area contributed by atoms with Gasteiger partial charge in [-0.05, 0) is 11.6 Å². The molecule has 2 heterocycles. The maximum atomic E-state index is 12.2. The molecule has 0 aromatic carbocycles. The van der Waals surface area contributed by atoms with Crippen LogP contribution in [0.1, 0.15) is 17.2 Å². The van der Waals surface area contributed by atoms with Crippen LogP contribution in [0.2, 0.25) is 0 Å². The number of alkyl halides is 3. The third-order valence-electron chi connectivity index (χ3n) is 2.76. The summed E-state index contributed by atoms with van der Waals surface area (Å²) in [7, 11) is 0. The number of nitrogens with two attached hydrogens (primary N) is 1. The Morgan fingerprint density at radius 2 is 2.06 bits per heavy atom. The minimum absolute atomic E-state index is 0.262. The molecular weight excluding hydrogens is 219 g/mol. The number of likely N-dealkylation sites (tertiary alicyclic amines) is 1. The van der Waals surface area contributed by atoms with Gasteiger partial charge in [0.2, 0.25) is 0 Å². The van der Waals surface area contributed by atoms with Crippen molar-refractivity contribution in [1.82, 2.24) is 9.88 Å². The van der Waals surface area contributed by atoms with Crippen molar-refractivity contribution < 1.29 is 13.2 Å². The predicted molar refractivity (Wildman–Crippen MR) is 52.6 cm³/mol. The van der Waals surface area contributed by atoms with Crippen molar-refractivity contribution in [3.63, 3.8) is 0 Å². The molecule has 1 saturated heterocycles. The van der Waals surface area contributed by atoms with E-state index in [-0.39, 0.29) is 5.92 Å². The molecule has 88 valence electrons. The Bertz CT molecular complexity index is 355. The molecule has 6 heteroatoms. The second-order valence-electron chi connectivity index (χ2n) is 3.89. The Balaban J connectivity index is 2.04. The number of nitrogens with zero attached hydrogens (tertiary/aromatic N) is 2. The highest BCUT2D eigenvalue weighted by molar-refractivity contribution is 5.22. The third kappa shape index (κ3) is 2.17. The number of pyridine rings is 1. The minimum Gasteiger partial charge on any atom is -0.318 e. The zero-order chi connectivity index (χ0) is 11.8. The van der Waals surface area contributed by atoms with Crippen molar-refractivity contribution in [2.45, 2.75) is 12.1 Å². The van der Waals surface area contributed by atoms with Crippen LogP contribution in [0, 0.1) is 0 Å². The summed E-state index contributed by atoms with van der Waals surface area (Å²) in [6.45, 7) is 2.08. The fourth-order valence-corrected chi connectivity index (χ4v) is 1.74. The monoisotopic (exact) mass is 231 g/mol.